The number of pyridine rings is 1. The van der Waals surface area contributed by atoms with Gasteiger partial charge < -0.3 is 0 Å². The Morgan fingerprint density at radius 2 is 1.45 bits per heavy atom. The van der Waals surface area contributed by atoms with Crippen molar-refractivity contribution in [2.45, 2.75) is 39.5 Å². The molecule has 0 fully saturated rings. The number of para-hydroxylation sites is 1. The molecule has 0 saturated heterocycles. The van der Waals surface area contributed by atoms with Crippen molar-refractivity contribution in [1.29, 1.82) is 0 Å². The van der Waals surface area contributed by atoms with Crippen LogP contribution in [0.3, 0.4) is 0 Å². The van der Waals surface area contributed by atoms with Gasteiger partial charge in [0.05, 0.1) is 0 Å². The zero-order valence-corrected chi connectivity index (χ0v) is 26.6. The minimum absolute atomic E-state index is 0.173. The third kappa shape index (κ3) is 4.58. The molecule has 0 bridgehead atoms. The number of anilines is 1. The molecule has 3 heterocycles. The molecule has 0 saturated carbocycles. The van der Waals surface area contributed by atoms with Crippen LogP contribution in [0.1, 0.15) is 50.7 Å². The van der Waals surface area contributed by atoms with Crippen molar-refractivity contribution in [2.24, 2.45) is 0 Å². The van der Waals surface area contributed by atoms with E-state index in [9.17, 15) is 0 Å². The van der Waals surface area contributed by atoms with Crippen molar-refractivity contribution in [3.8, 4) is 11.3 Å². The molecule has 0 amide bonds. The molecular formula is C37H36N4Se. The fourth-order valence-electron chi connectivity index (χ4n) is 6.27. The van der Waals surface area contributed by atoms with Crippen LogP contribution >= 0.6 is 0 Å². The van der Waals surface area contributed by atoms with Gasteiger partial charge in [-0.05, 0) is 0 Å². The first kappa shape index (κ1) is 26.8. The molecule has 4 nitrogen and oxygen atoms in total. The first-order valence-electron chi connectivity index (χ1n) is 14.8. The van der Waals surface area contributed by atoms with Gasteiger partial charge in [0.25, 0.3) is 0 Å². The minimum atomic E-state index is 0.173. The third-order valence-corrected chi connectivity index (χ3v) is 10.4. The summed E-state index contributed by atoms with van der Waals surface area (Å²) in [5.74, 6) is 0.829. The second-order valence-corrected chi connectivity index (χ2v) is 14.3. The van der Waals surface area contributed by atoms with Gasteiger partial charge in [-0.2, -0.15) is 0 Å². The van der Waals surface area contributed by atoms with Crippen molar-refractivity contribution in [3.05, 3.63) is 115 Å². The molecule has 1 aliphatic rings. The number of rotatable bonds is 6. The summed E-state index contributed by atoms with van der Waals surface area (Å²) in [6.07, 6.45) is 6.39. The topological polar surface area (TPSA) is 23.8 Å². The normalized spacial score (nSPS) is 13.6. The van der Waals surface area contributed by atoms with Crippen LogP contribution in [0.15, 0.2) is 104 Å². The summed E-state index contributed by atoms with van der Waals surface area (Å²) in [5.41, 5.74) is 8.75. The molecule has 0 aliphatic carbocycles. The van der Waals surface area contributed by atoms with Gasteiger partial charge in [0, 0.05) is 0 Å². The molecule has 2 aromatic heterocycles. The van der Waals surface area contributed by atoms with E-state index in [0.29, 0.717) is 11.8 Å². The molecule has 7 rings (SSSR count). The Morgan fingerprint density at radius 1 is 0.714 bits per heavy atom. The molecule has 5 heteroatoms. The quantitative estimate of drug-likeness (QED) is 0.144. The Hall–Kier alpha value is -4.05. The maximum atomic E-state index is 5.15. The van der Waals surface area contributed by atoms with E-state index < -0.39 is 0 Å². The molecule has 210 valence electrons. The first-order chi connectivity index (χ1) is 20.4. The molecular weight excluding hydrogens is 579 g/mol. The number of imidazole rings is 1. The predicted molar refractivity (Wildman–Crippen MR) is 180 cm³/mol. The van der Waals surface area contributed by atoms with Crippen LogP contribution in [0.2, 0.25) is 0 Å². The Kier molecular flexibility index (Phi) is 6.80. The van der Waals surface area contributed by atoms with Crippen LogP contribution in [-0.2, 0) is 0 Å². The summed E-state index contributed by atoms with van der Waals surface area (Å²) < 4.78 is 5.14. The van der Waals surface area contributed by atoms with Gasteiger partial charge in [-0.3, -0.25) is 0 Å². The summed E-state index contributed by atoms with van der Waals surface area (Å²) in [5, 5.41) is 3.74. The number of fused-ring (bicyclic) bond motifs is 6. The van der Waals surface area contributed by atoms with E-state index in [2.05, 4.69) is 152 Å². The number of benzene rings is 4. The number of aromatic nitrogens is 2. The summed E-state index contributed by atoms with van der Waals surface area (Å²) in [6.45, 7) is 10.1. The van der Waals surface area contributed by atoms with Crippen LogP contribution in [0.5, 0.6) is 0 Å². The summed E-state index contributed by atoms with van der Waals surface area (Å²) in [6, 6.07) is 31.6. The molecule has 0 spiro atoms. The van der Waals surface area contributed by atoms with E-state index in [1.165, 1.54) is 58.7 Å². The predicted octanol–water partition coefficient (Wildman–Crippen LogP) is 7.39. The maximum absolute atomic E-state index is 5.15. The molecule has 0 unspecified atom stereocenters. The molecule has 4 aromatic carbocycles. The van der Waals surface area contributed by atoms with E-state index in [1.807, 2.05) is 0 Å². The fraction of sp³-hybridized carbons (Fsp3) is 0.216. The van der Waals surface area contributed by atoms with E-state index in [4.69, 9.17) is 4.98 Å². The van der Waals surface area contributed by atoms with E-state index in [-0.39, 0.29) is 15.0 Å². The van der Waals surface area contributed by atoms with Gasteiger partial charge in [-0.1, -0.05) is 0 Å². The summed E-state index contributed by atoms with van der Waals surface area (Å²) in [7, 11) is 2.11. The van der Waals surface area contributed by atoms with Crippen LogP contribution in [0, 0.1) is 0 Å². The van der Waals surface area contributed by atoms with E-state index in [1.54, 1.807) is 0 Å². The molecule has 6 aromatic rings. The van der Waals surface area contributed by atoms with Crippen molar-refractivity contribution in [1.82, 2.24) is 14.3 Å². The van der Waals surface area contributed by atoms with E-state index >= 15 is 0 Å². The van der Waals surface area contributed by atoms with Crippen LogP contribution in [0.25, 0.3) is 38.6 Å². The third-order valence-electron chi connectivity index (χ3n) is 8.32. The summed E-state index contributed by atoms with van der Waals surface area (Å²) in [4.78, 5) is 9.63. The number of hydrogen-bond donors (Lipinski definition) is 0. The molecule has 0 N–H and O–H groups in total. The van der Waals surface area contributed by atoms with Gasteiger partial charge in [0.2, 0.25) is 0 Å². The average molecular weight is 616 g/mol. The SMILES string of the molecule is CC(C)c1cccc(C(C)C)c1-c1cnc2c3cc([Se]c4cccc(N5C=CN(C)C5)c4)ccc3c3ccccc3n12. The standard InChI is InChI=1S/C37H36N4Se/c1-24(2)29-13-9-14-30(25(3)4)36(29)35-22-38-37-33-21-28(16-17-31(33)32-12-6-7-15-34(32)41(35)37)42-27-11-8-10-26(20-27)40-19-18-39(5)23-40/h6-22,24-25H,23H2,1-5H3. The zero-order valence-electron chi connectivity index (χ0n) is 24.9. The van der Waals surface area contributed by atoms with Crippen molar-refractivity contribution in [2.75, 3.05) is 18.6 Å². The molecule has 1 aliphatic heterocycles. The Labute approximate surface area is 254 Å². The average Bonchev–Trinajstić information content (AvgIpc) is 3.64. The molecule has 42 heavy (non-hydrogen) atoms. The summed E-state index contributed by atoms with van der Waals surface area (Å²) >= 11 is 0.173. The number of nitrogens with zero attached hydrogens (tertiary/aromatic N) is 4. The van der Waals surface area contributed by atoms with Gasteiger partial charge in [-0.25, -0.2) is 0 Å². The second-order valence-electron chi connectivity index (χ2n) is 11.9. The van der Waals surface area contributed by atoms with Crippen molar-refractivity contribution >= 4 is 56.9 Å². The van der Waals surface area contributed by atoms with Gasteiger partial charge >= 0.3 is 255 Å². The monoisotopic (exact) mass is 616 g/mol. The Balaban J connectivity index is 1.41. The van der Waals surface area contributed by atoms with Crippen LogP contribution in [0.4, 0.5) is 5.69 Å². The zero-order chi connectivity index (χ0) is 29.0. The Morgan fingerprint density at radius 3 is 2.19 bits per heavy atom. The van der Waals surface area contributed by atoms with Gasteiger partial charge in [0.15, 0.2) is 0 Å². The van der Waals surface area contributed by atoms with Crippen LogP contribution in [-0.4, -0.2) is 43.0 Å². The molecule has 0 radical (unpaired) electrons. The van der Waals surface area contributed by atoms with E-state index in [0.717, 1.165) is 12.3 Å². The van der Waals surface area contributed by atoms with Crippen LogP contribution < -0.4 is 13.8 Å². The van der Waals surface area contributed by atoms with Gasteiger partial charge in [0.1, 0.15) is 0 Å². The second kappa shape index (κ2) is 10.7. The van der Waals surface area contributed by atoms with Crippen molar-refractivity contribution < 1.29 is 0 Å². The van der Waals surface area contributed by atoms with Crippen molar-refractivity contribution in [3.63, 3.8) is 0 Å². The Bertz CT molecular complexity index is 1960. The molecule has 0 atom stereocenters. The number of hydrogen-bond acceptors (Lipinski definition) is 3. The first-order valence-corrected chi connectivity index (χ1v) is 16.5. The van der Waals surface area contributed by atoms with Gasteiger partial charge in [-0.15, -0.1) is 0 Å². The fourth-order valence-corrected chi connectivity index (χ4v) is 8.18.